The van der Waals surface area contributed by atoms with Crippen LogP contribution in [0.4, 0.5) is 4.39 Å². The maximum absolute atomic E-state index is 13.3. The van der Waals surface area contributed by atoms with Gasteiger partial charge in [0, 0.05) is 11.4 Å². The molecule has 1 N–H and O–H groups in total. The fourth-order valence-electron chi connectivity index (χ4n) is 1.73. The zero-order valence-electron chi connectivity index (χ0n) is 11.3. The van der Waals surface area contributed by atoms with E-state index in [0.717, 1.165) is 5.56 Å². The Balaban J connectivity index is 2.14. The van der Waals surface area contributed by atoms with Gasteiger partial charge in [0.15, 0.2) is 0 Å². The zero-order chi connectivity index (χ0) is 15.1. The highest BCUT2D eigenvalue weighted by atomic mass is 35.5. The lowest BCUT2D eigenvalue weighted by Gasteiger charge is -2.09. The number of hydrogen-bond acceptors (Lipinski definition) is 2. The van der Waals surface area contributed by atoms with Crippen LogP contribution in [0, 0.1) is 17.7 Å². The summed E-state index contributed by atoms with van der Waals surface area (Å²) in [6, 6.07) is 11.5. The third kappa shape index (κ3) is 4.78. The van der Waals surface area contributed by atoms with Crippen LogP contribution < -0.4 is 4.74 Å². The number of benzene rings is 2. The molecule has 0 fully saturated rings. The molecule has 2 aromatic rings. The number of rotatable bonds is 4. The molecule has 4 heteroatoms. The summed E-state index contributed by atoms with van der Waals surface area (Å²) in [5.74, 6) is 5.69. The van der Waals surface area contributed by atoms with Crippen LogP contribution in [0.3, 0.4) is 0 Å². The molecule has 0 aliphatic rings. The van der Waals surface area contributed by atoms with E-state index < -0.39 is 0 Å². The smallest absolute Gasteiger partial charge is 0.135 e. The van der Waals surface area contributed by atoms with E-state index in [1.54, 1.807) is 12.1 Å². The van der Waals surface area contributed by atoms with Gasteiger partial charge >= 0.3 is 0 Å². The van der Waals surface area contributed by atoms with E-state index in [-0.39, 0.29) is 12.4 Å². The molecule has 0 atom stereocenters. The lowest BCUT2D eigenvalue weighted by molar-refractivity contribution is 0.304. The summed E-state index contributed by atoms with van der Waals surface area (Å²) in [6.07, 6.45) is 0.338. The molecule has 0 spiro atoms. The van der Waals surface area contributed by atoms with E-state index >= 15 is 0 Å². The Morgan fingerprint density at radius 3 is 2.81 bits per heavy atom. The number of aliphatic hydroxyl groups excluding tert-OH is 1. The van der Waals surface area contributed by atoms with E-state index in [0.29, 0.717) is 29.4 Å². The van der Waals surface area contributed by atoms with Crippen LogP contribution in [0.5, 0.6) is 5.75 Å². The minimum atomic E-state index is -0.376. The molecular weight excluding hydrogens is 291 g/mol. The van der Waals surface area contributed by atoms with Crippen LogP contribution in [0.15, 0.2) is 42.5 Å². The molecule has 0 aliphatic heterocycles. The topological polar surface area (TPSA) is 29.5 Å². The fraction of sp³-hybridized carbons (Fsp3) is 0.176. The molecule has 21 heavy (non-hydrogen) atoms. The molecule has 0 unspecified atom stereocenters. The molecule has 0 saturated carbocycles. The second kappa shape index (κ2) is 7.68. The Kier molecular flexibility index (Phi) is 5.62. The summed E-state index contributed by atoms with van der Waals surface area (Å²) in [5.41, 5.74) is 1.38. The standard InChI is InChI=1S/C17H14ClFO2/c18-15-6-3-4-13(10-15)12-21-17-8-7-16(19)11-14(17)5-1-2-9-20/h3-4,6-8,10-11,20H,2,9,12H2. The number of hydrogen-bond donors (Lipinski definition) is 1. The van der Waals surface area contributed by atoms with Gasteiger partial charge in [-0.1, -0.05) is 35.6 Å². The van der Waals surface area contributed by atoms with Gasteiger partial charge in [0.2, 0.25) is 0 Å². The van der Waals surface area contributed by atoms with Crippen molar-refractivity contribution in [2.45, 2.75) is 13.0 Å². The highest BCUT2D eigenvalue weighted by Crippen LogP contribution is 2.21. The summed E-state index contributed by atoms with van der Waals surface area (Å²) in [7, 11) is 0. The lowest BCUT2D eigenvalue weighted by Crippen LogP contribution is -1.97. The van der Waals surface area contributed by atoms with Crippen molar-refractivity contribution in [2.24, 2.45) is 0 Å². The third-order valence-corrected chi connectivity index (χ3v) is 2.92. The Morgan fingerprint density at radius 1 is 1.19 bits per heavy atom. The van der Waals surface area contributed by atoms with Gasteiger partial charge in [0.05, 0.1) is 12.2 Å². The van der Waals surface area contributed by atoms with Gasteiger partial charge in [-0.3, -0.25) is 0 Å². The SMILES string of the molecule is OCCC#Cc1cc(F)ccc1OCc1cccc(Cl)c1. The van der Waals surface area contributed by atoms with Gasteiger partial charge < -0.3 is 9.84 Å². The highest BCUT2D eigenvalue weighted by Gasteiger charge is 2.04. The van der Waals surface area contributed by atoms with Crippen molar-refractivity contribution in [3.8, 4) is 17.6 Å². The highest BCUT2D eigenvalue weighted by molar-refractivity contribution is 6.30. The minimum absolute atomic E-state index is 0.0268. The van der Waals surface area contributed by atoms with Crippen LogP contribution in [-0.2, 0) is 6.61 Å². The van der Waals surface area contributed by atoms with E-state index in [1.807, 2.05) is 18.2 Å². The summed E-state index contributed by atoms with van der Waals surface area (Å²) in [4.78, 5) is 0. The summed E-state index contributed by atoms with van der Waals surface area (Å²) >= 11 is 5.91. The first-order valence-corrected chi connectivity index (χ1v) is 6.83. The van der Waals surface area contributed by atoms with E-state index in [9.17, 15) is 4.39 Å². The van der Waals surface area contributed by atoms with Crippen LogP contribution >= 0.6 is 11.6 Å². The zero-order valence-corrected chi connectivity index (χ0v) is 12.0. The molecular formula is C17H14ClFO2. The van der Waals surface area contributed by atoms with Crippen molar-refractivity contribution in [3.05, 3.63) is 64.4 Å². The number of aliphatic hydroxyl groups is 1. The van der Waals surface area contributed by atoms with E-state index in [2.05, 4.69) is 11.8 Å². The molecule has 0 saturated heterocycles. The summed E-state index contributed by atoms with van der Waals surface area (Å²) in [5, 5.41) is 9.36. The Bertz CT molecular complexity index is 674. The molecule has 2 nitrogen and oxygen atoms in total. The number of ether oxygens (including phenoxy) is 1. The van der Waals surface area contributed by atoms with Crippen molar-refractivity contribution in [1.29, 1.82) is 0 Å². The van der Waals surface area contributed by atoms with Gasteiger partial charge in [-0.05, 0) is 35.9 Å². The van der Waals surface area contributed by atoms with Crippen molar-refractivity contribution >= 4 is 11.6 Å². The monoisotopic (exact) mass is 304 g/mol. The summed E-state index contributed by atoms with van der Waals surface area (Å²) in [6.45, 7) is 0.294. The molecule has 0 heterocycles. The van der Waals surface area contributed by atoms with Crippen LogP contribution in [0.2, 0.25) is 5.02 Å². The van der Waals surface area contributed by atoms with Gasteiger partial charge in [-0.2, -0.15) is 0 Å². The lowest BCUT2D eigenvalue weighted by atomic mass is 10.2. The minimum Gasteiger partial charge on any atom is -0.488 e. The molecule has 0 radical (unpaired) electrons. The van der Waals surface area contributed by atoms with Gasteiger partial charge in [0.1, 0.15) is 18.2 Å². The normalized spacial score (nSPS) is 9.86. The number of halogens is 2. The van der Waals surface area contributed by atoms with Crippen molar-refractivity contribution < 1.29 is 14.2 Å². The van der Waals surface area contributed by atoms with E-state index in [1.165, 1.54) is 12.1 Å². The molecule has 0 amide bonds. The molecule has 0 aliphatic carbocycles. The fourth-order valence-corrected chi connectivity index (χ4v) is 1.94. The first-order chi connectivity index (χ1) is 10.2. The summed E-state index contributed by atoms with van der Waals surface area (Å²) < 4.78 is 19.0. The average Bonchev–Trinajstić information content (AvgIpc) is 2.47. The largest absolute Gasteiger partial charge is 0.488 e. The quantitative estimate of drug-likeness (QED) is 0.871. The molecule has 2 rings (SSSR count). The van der Waals surface area contributed by atoms with Crippen molar-refractivity contribution in [1.82, 2.24) is 0 Å². The van der Waals surface area contributed by atoms with E-state index in [4.69, 9.17) is 21.4 Å². The molecule has 0 bridgehead atoms. The van der Waals surface area contributed by atoms with Crippen LogP contribution in [-0.4, -0.2) is 11.7 Å². The predicted molar refractivity (Wildman–Crippen MR) is 80.8 cm³/mol. The van der Waals surface area contributed by atoms with Gasteiger partial charge in [-0.25, -0.2) is 4.39 Å². The Morgan fingerprint density at radius 2 is 2.05 bits per heavy atom. The molecule has 0 aromatic heterocycles. The first-order valence-electron chi connectivity index (χ1n) is 6.45. The van der Waals surface area contributed by atoms with Gasteiger partial charge in [0.25, 0.3) is 0 Å². The second-order valence-corrected chi connectivity index (χ2v) is 4.77. The first kappa shape index (κ1) is 15.4. The second-order valence-electron chi connectivity index (χ2n) is 4.33. The molecule has 108 valence electrons. The Labute approximate surface area is 128 Å². The van der Waals surface area contributed by atoms with Gasteiger partial charge in [-0.15, -0.1) is 0 Å². The maximum atomic E-state index is 13.3. The maximum Gasteiger partial charge on any atom is 0.135 e. The predicted octanol–water partition coefficient (Wildman–Crippen LogP) is 3.79. The van der Waals surface area contributed by atoms with Crippen molar-refractivity contribution in [2.75, 3.05) is 6.61 Å². The van der Waals surface area contributed by atoms with Crippen LogP contribution in [0.1, 0.15) is 17.5 Å². The van der Waals surface area contributed by atoms with Crippen LogP contribution in [0.25, 0.3) is 0 Å². The average molecular weight is 305 g/mol. The third-order valence-electron chi connectivity index (χ3n) is 2.68. The molecule has 2 aromatic carbocycles. The Hall–Kier alpha value is -2.02. The van der Waals surface area contributed by atoms with Crippen molar-refractivity contribution in [3.63, 3.8) is 0 Å².